The number of hydrogen-bond acceptors (Lipinski definition) is 6. The SMILES string of the molecule is CCNC(=O)[C@H](Cc1ccccc1)N(Cc1ccc(Cl)c(Cl)c1)C(=O)CN(c1ccc2c(c1)OCO2)S(=O)(=O)CC. The highest BCUT2D eigenvalue weighted by Crippen LogP contribution is 2.36. The molecule has 1 atom stereocenters. The normalized spacial score (nSPS) is 13.0. The standard InChI is InChI=1S/C29H31Cl2N3O6S/c1-3-32-29(36)25(15-20-8-6-5-7-9-20)33(17-21-10-12-23(30)24(31)14-21)28(35)18-34(41(37,38)4-2)22-11-13-26-27(16-22)40-19-39-26/h5-14,16,25H,3-4,15,17-19H2,1-2H3,(H,32,36)/t25-/m0/s1. The van der Waals surface area contributed by atoms with E-state index in [-0.39, 0.29) is 37.1 Å². The molecule has 12 heteroatoms. The molecule has 218 valence electrons. The summed E-state index contributed by atoms with van der Waals surface area (Å²) in [6, 6.07) is 18.0. The van der Waals surface area contributed by atoms with Gasteiger partial charge in [0.25, 0.3) is 0 Å². The number of amides is 2. The van der Waals surface area contributed by atoms with Crippen molar-refractivity contribution >= 4 is 50.7 Å². The van der Waals surface area contributed by atoms with E-state index in [1.54, 1.807) is 37.3 Å². The largest absolute Gasteiger partial charge is 0.454 e. The molecule has 3 aromatic rings. The Labute approximate surface area is 250 Å². The van der Waals surface area contributed by atoms with E-state index in [9.17, 15) is 18.0 Å². The topological polar surface area (TPSA) is 105 Å². The van der Waals surface area contributed by atoms with Crippen LogP contribution in [0.5, 0.6) is 11.5 Å². The van der Waals surface area contributed by atoms with Crippen LogP contribution in [0, 0.1) is 0 Å². The molecule has 0 aliphatic carbocycles. The van der Waals surface area contributed by atoms with Crippen molar-refractivity contribution < 1.29 is 27.5 Å². The van der Waals surface area contributed by atoms with Crippen molar-refractivity contribution in [3.8, 4) is 11.5 Å². The maximum atomic E-state index is 14.1. The number of ether oxygens (including phenoxy) is 2. The first-order valence-electron chi connectivity index (χ1n) is 13.1. The Morgan fingerprint density at radius 3 is 2.34 bits per heavy atom. The monoisotopic (exact) mass is 619 g/mol. The van der Waals surface area contributed by atoms with Crippen LogP contribution in [-0.2, 0) is 32.6 Å². The maximum absolute atomic E-state index is 14.1. The summed E-state index contributed by atoms with van der Waals surface area (Å²) in [7, 11) is -3.91. The zero-order valence-electron chi connectivity index (χ0n) is 22.7. The first-order chi connectivity index (χ1) is 19.6. The number of hydrogen-bond donors (Lipinski definition) is 1. The van der Waals surface area contributed by atoms with E-state index >= 15 is 0 Å². The number of nitrogens with one attached hydrogen (secondary N) is 1. The van der Waals surface area contributed by atoms with Gasteiger partial charge in [0, 0.05) is 25.6 Å². The molecule has 0 fully saturated rings. The summed E-state index contributed by atoms with van der Waals surface area (Å²) in [5.74, 6) is -0.320. The Morgan fingerprint density at radius 1 is 0.927 bits per heavy atom. The van der Waals surface area contributed by atoms with Crippen molar-refractivity contribution in [3.05, 3.63) is 87.9 Å². The summed E-state index contributed by atoms with van der Waals surface area (Å²) in [6.45, 7) is 3.11. The summed E-state index contributed by atoms with van der Waals surface area (Å²) in [5, 5.41) is 3.46. The van der Waals surface area contributed by atoms with Gasteiger partial charge in [-0.15, -0.1) is 0 Å². The number of carbonyl (C=O) groups excluding carboxylic acids is 2. The fraction of sp³-hybridized carbons (Fsp3) is 0.310. The third-order valence-electron chi connectivity index (χ3n) is 6.58. The Balaban J connectivity index is 1.75. The molecular formula is C29H31Cl2N3O6S. The van der Waals surface area contributed by atoms with Gasteiger partial charge < -0.3 is 19.7 Å². The zero-order chi connectivity index (χ0) is 29.6. The number of rotatable bonds is 12. The van der Waals surface area contributed by atoms with Gasteiger partial charge in [-0.1, -0.05) is 59.6 Å². The summed E-state index contributed by atoms with van der Waals surface area (Å²) < 4.78 is 38.4. The van der Waals surface area contributed by atoms with Gasteiger partial charge in [0.05, 0.1) is 21.5 Å². The number of anilines is 1. The molecule has 0 bridgehead atoms. The van der Waals surface area contributed by atoms with E-state index in [1.165, 1.54) is 17.9 Å². The third-order valence-corrected chi connectivity index (χ3v) is 9.06. The summed E-state index contributed by atoms with van der Waals surface area (Å²) >= 11 is 12.4. The lowest BCUT2D eigenvalue weighted by Crippen LogP contribution is -2.53. The van der Waals surface area contributed by atoms with E-state index < -0.39 is 28.5 Å². The van der Waals surface area contributed by atoms with E-state index in [0.717, 1.165) is 9.87 Å². The van der Waals surface area contributed by atoms with Crippen LogP contribution in [0.1, 0.15) is 25.0 Å². The Hall–Kier alpha value is -3.47. The zero-order valence-corrected chi connectivity index (χ0v) is 25.0. The van der Waals surface area contributed by atoms with E-state index in [0.29, 0.717) is 33.7 Å². The van der Waals surface area contributed by atoms with Crippen LogP contribution in [-0.4, -0.2) is 56.8 Å². The second-order valence-corrected chi connectivity index (χ2v) is 12.3. The first-order valence-corrected chi connectivity index (χ1v) is 15.4. The maximum Gasteiger partial charge on any atom is 0.244 e. The highest BCUT2D eigenvalue weighted by molar-refractivity contribution is 7.92. The lowest BCUT2D eigenvalue weighted by atomic mass is 10.0. The number of nitrogens with zero attached hydrogens (tertiary/aromatic N) is 2. The molecule has 0 aromatic heterocycles. The van der Waals surface area contributed by atoms with Gasteiger partial charge in [0.15, 0.2) is 11.5 Å². The quantitative estimate of drug-likeness (QED) is 0.316. The molecule has 1 aliphatic heterocycles. The van der Waals surface area contributed by atoms with E-state index in [4.69, 9.17) is 32.7 Å². The molecule has 9 nitrogen and oxygen atoms in total. The molecule has 0 spiro atoms. The number of fused-ring (bicyclic) bond motifs is 1. The van der Waals surface area contributed by atoms with Gasteiger partial charge >= 0.3 is 0 Å². The van der Waals surface area contributed by atoms with Crippen LogP contribution in [0.25, 0.3) is 0 Å². The summed E-state index contributed by atoms with van der Waals surface area (Å²) in [5.41, 5.74) is 1.71. The number of likely N-dealkylation sites (N-methyl/N-ethyl adjacent to an activating group) is 1. The molecular weight excluding hydrogens is 589 g/mol. The molecule has 1 heterocycles. The van der Waals surface area contributed by atoms with Gasteiger partial charge in [0.2, 0.25) is 28.6 Å². The van der Waals surface area contributed by atoms with Gasteiger partial charge in [-0.3, -0.25) is 13.9 Å². The summed E-state index contributed by atoms with van der Waals surface area (Å²) in [4.78, 5) is 29.0. The first kappa shape index (κ1) is 30.5. The average Bonchev–Trinajstić information content (AvgIpc) is 3.44. The van der Waals surface area contributed by atoms with Crippen LogP contribution in [0.15, 0.2) is 66.7 Å². The number of carbonyl (C=O) groups is 2. The molecule has 4 rings (SSSR count). The highest BCUT2D eigenvalue weighted by Gasteiger charge is 2.34. The van der Waals surface area contributed by atoms with Gasteiger partial charge in [-0.2, -0.15) is 0 Å². The molecule has 0 radical (unpaired) electrons. The molecule has 41 heavy (non-hydrogen) atoms. The summed E-state index contributed by atoms with van der Waals surface area (Å²) in [6.07, 6.45) is 0.213. The molecule has 0 saturated heterocycles. The van der Waals surface area contributed by atoms with Crippen LogP contribution in [0.2, 0.25) is 10.0 Å². The smallest absolute Gasteiger partial charge is 0.244 e. The van der Waals surface area contributed by atoms with Crippen LogP contribution in [0.4, 0.5) is 5.69 Å². The third kappa shape index (κ3) is 7.44. The van der Waals surface area contributed by atoms with Crippen molar-refractivity contribution in [3.63, 3.8) is 0 Å². The van der Waals surface area contributed by atoms with Crippen molar-refractivity contribution in [2.24, 2.45) is 0 Å². The van der Waals surface area contributed by atoms with Crippen molar-refractivity contribution in [2.45, 2.75) is 32.9 Å². The minimum Gasteiger partial charge on any atom is -0.454 e. The second-order valence-electron chi connectivity index (χ2n) is 9.31. The fourth-order valence-corrected chi connectivity index (χ4v) is 5.82. The minimum atomic E-state index is -3.91. The van der Waals surface area contributed by atoms with Gasteiger partial charge in [-0.05, 0) is 49.2 Å². The van der Waals surface area contributed by atoms with Crippen molar-refractivity contribution in [1.29, 1.82) is 0 Å². The van der Waals surface area contributed by atoms with Crippen LogP contribution >= 0.6 is 23.2 Å². The highest BCUT2D eigenvalue weighted by atomic mass is 35.5. The molecule has 0 saturated carbocycles. The predicted molar refractivity (Wildman–Crippen MR) is 159 cm³/mol. The number of halogens is 2. The minimum absolute atomic E-state index is 0.00842. The Morgan fingerprint density at radius 2 is 1.66 bits per heavy atom. The second kappa shape index (κ2) is 13.5. The van der Waals surface area contributed by atoms with E-state index in [1.807, 2.05) is 30.3 Å². The molecule has 2 amide bonds. The van der Waals surface area contributed by atoms with Gasteiger partial charge in [-0.25, -0.2) is 8.42 Å². The van der Waals surface area contributed by atoms with Crippen LogP contribution < -0.4 is 19.1 Å². The van der Waals surface area contributed by atoms with Crippen molar-refractivity contribution in [1.82, 2.24) is 10.2 Å². The Bertz CT molecular complexity index is 1500. The lowest BCUT2D eigenvalue weighted by molar-refractivity contribution is -0.140. The van der Waals surface area contributed by atoms with Gasteiger partial charge in [0.1, 0.15) is 12.6 Å². The molecule has 1 N–H and O–H groups in total. The average molecular weight is 621 g/mol. The fourth-order valence-electron chi connectivity index (χ4n) is 4.44. The number of sulfonamides is 1. The number of benzene rings is 3. The van der Waals surface area contributed by atoms with Crippen LogP contribution in [0.3, 0.4) is 0 Å². The molecule has 1 aliphatic rings. The molecule has 0 unspecified atom stereocenters. The predicted octanol–water partition coefficient (Wildman–Crippen LogP) is 4.65. The Kier molecular flexibility index (Phi) is 10.0. The van der Waals surface area contributed by atoms with E-state index in [2.05, 4.69) is 5.32 Å². The molecule has 3 aromatic carbocycles. The van der Waals surface area contributed by atoms with Crippen molar-refractivity contribution in [2.75, 3.05) is 29.9 Å². The lowest BCUT2D eigenvalue weighted by Gasteiger charge is -2.33.